The Bertz CT molecular complexity index is 502. The molecule has 5 nitrogen and oxygen atoms in total. The van der Waals surface area contributed by atoms with Crippen molar-refractivity contribution >= 4 is 22.4 Å². The number of sulfonamides is 1. The van der Waals surface area contributed by atoms with Gasteiger partial charge < -0.3 is 10.2 Å². The third-order valence-electron chi connectivity index (χ3n) is 4.79. The largest absolute Gasteiger partial charge is 0.402 e. The van der Waals surface area contributed by atoms with Crippen LogP contribution in [0, 0.1) is 5.41 Å². The van der Waals surface area contributed by atoms with E-state index in [0.717, 1.165) is 32.3 Å². The van der Waals surface area contributed by atoms with Gasteiger partial charge in [0.05, 0.1) is 6.26 Å². The van der Waals surface area contributed by atoms with E-state index in [-0.39, 0.29) is 17.8 Å². The maximum absolute atomic E-state index is 12.7. The molecule has 2 fully saturated rings. The summed E-state index contributed by atoms with van der Waals surface area (Å²) in [6.45, 7) is 4.97. The summed E-state index contributed by atoms with van der Waals surface area (Å²) in [6.07, 6.45) is -1.66. The summed E-state index contributed by atoms with van der Waals surface area (Å²) >= 11 is 0. The van der Waals surface area contributed by atoms with Crippen molar-refractivity contribution < 1.29 is 21.6 Å². The zero-order valence-electron chi connectivity index (χ0n) is 14.1. The molecule has 0 bridgehead atoms. The van der Waals surface area contributed by atoms with Crippen molar-refractivity contribution in [2.24, 2.45) is 5.41 Å². The maximum atomic E-state index is 12.7. The Balaban J connectivity index is 0.00000288. The van der Waals surface area contributed by atoms with Gasteiger partial charge in [0, 0.05) is 19.1 Å². The molecule has 144 valence electrons. The minimum absolute atomic E-state index is 0. The molecule has 2 heterocycles. The first-order valence-electron chi connectivity index (χ1n) is 7.95. The topological polar surface area (TPSA) is 52.7 Å². The highest BCUT2D eigenvalue weighted by atomic mass is 35.5. The number of nitrogens with one attached hydrogen (secondary N) is 1. The lowest BCUT2D eigenvalue weighted by Gasteiger charge is -2.40. The van der Waals surface area contributed by atoms with Crippen molar-refractivity contribution in [1.29, 1.82) is 0 Å². The zero-order chi connectivity index (χ0) is 17.3. The van der Waals surface area contributed by atoms with E-state index >= 15 is 0 Å². The smallest absolute Gasteiger partial charge is 0.316 e. The number of nitrogens with zero attached hydrogens (tertiary/aromatic N) is 2. The molecule has 2 rings (SSSR count). The molecule has 1 N–H and O–H groups in total. The Morgan fingerprint density at radius 1 is 1.29 bits per heavy atom. The normalized spacial score (nSPS) is 27.4. The van der Waals surface area contributed by atoms with E-state index in [2.05, 4.69) is 17.1 Å². The monoisotopic (exact) mass is 393 g/mol. The molecule has 10 heteroatoms. The van der Waals surface area contributed by atoms with Gasteiger partial charge in [-0.15, -0.1) is 12.4 Å². The Morgan fingerprint density at radius 2 is 1.88 bits per heavy atom. The first-order valence-corrected chi connectivity index (χ1v) is 9.80. The van der Waals surface area contributed by atoms with Gasteiger partial charge in [0.2, 0.25) is 10.0 Å². The molecule has 0 aromatic rings. The fraction of sp³-hybridized carbons (Fsp3) is 1.00. The molecule has 0 spiro atoms. The SMILES string of the molecule is CC1(CN2CCC(N(CC(F)(F)F)S(C)(=O)=O)CC2)CCNC1.Cl. The Kier molecular flexibility index (Phi) is 7.38. The van der Waals surface area contributed by atoms with Gasteiger partial charge in [0.25, 0.3) is 0 Å². The molecule has 0 amide bonds. The summed E-state index contributed by atoms with van der Waals surface area (Å²) < 4.78 is 62.1. The number of rotatable bonds is 5. The van der Waals surface area contributed by atoms with Crippen LogP contribution in [0.15, 0.2) is 0 Å². The predicted octanol–water partition coefficient (Wildman–Crippen LogP) is 1.70. The third-order valence-corrected chi connectivity index (χ3v) is 6.07. The van der Waals surface area contributed by atoms with Crippen LogP contribution < -0.4 is 5.32 Å². The van der Waals surface area contributed by atoms with E-state index < -0.39 is 28.8 Å². The molecule has 1 atom stereocenters. The quantitative estimate of drug-likeness (QED) is 0.772. The molecule has 1 unspecified atom stereocenters. The summed E-state index contributed by atoms with van der Waals surface area (Å²) in [4.78, 5) is 2.25. The predicted molar refractivity (Wildman–Crippen MR) is 89.9 cm³/mol. The second kappa shape index (κ2) is 8.07. The lowest BCUT2D eigenvalue weighted by atomic mass is 9.88. The highest BCUT2D eigenvalue weighted by Crippen LogP contribution is 2.29. The van der Waals surface area contributed by atoms with Crippen molar-refractivity contribution in [1.82, 2.24) is 14.5 Å². The van der Waals surface area contributed by atoms with Crippen LogP contribution in [0.5, 0.6) is 0 Å². The van der Waals surface area contributed by atoms with Gasteiger partial charge in [-0.1, -0.05) is 6.92 Å². The van der Waals surface area contributed by atoms with Crippen LogP contribution in [0.2, 0.25) is 0 Å². The van der Waals surface area contributed by atoms with Crippen LogP contribution in [0.3, 0.4) is 0 Å². The molecule has 0 aliphatic carbocycles. The Hall–Kier alpha value is -0.0900. The van der Waals surface area contributed by atoms with Crippen molar-refractivity contribution in [3.05, 3.63) is 0 Å². The molecule has 2 saturated heterocycles. The molecule has 0 aromatic heterocycles. The van der Waals surface area contributed by atoms with Crippen LogP contribution in [-0.4, -0.2) is 75.4 Å². The van der Waals surface area contributed by atoms with E-state index in [1.54, 1.807) is 0 Å². The minimum Gasteiger partial charge on any atom is -0.316 e. The molecule has 2 aliphatic heterocycles. The summed E-state index contributed by atoms with van der Waals surface area (Å²) in [5.41, 5.74) is 0.204. The number of halogens is 4. The number of piperidine rings is 1. The zero-order valence-corrected chi connectivity index (χ0v) is 15.7. The van der Waals surface area contributed by atoms with Crippen LogP contribution >= 0.6 is 12.4 Å². The van der Waals surface area contributed by atoms with Crippen LogP contribution in [0.4, 0.5) is 13.2 Å². The van der Waals surface area contributed by atoms with Gasteiger partial charge in [0.15, 0.2) is 0 Å². The third kappa shape index (κ3) is 6.33. The van der Waals surface area contributed by atoms with Crippen LogP contribution in [-0.2, 0) is 10.0 Å². The average molecular weight is 394 g/mol. The minimum atomic E-state index is -4.51. The van der Waals surface area contributed by atoms with E-state index in [4.69, 9.17) is 0 Å². The van der Waals surface area contributed by atoms with Crippen molar-refractivity contribution in [3.63, 3.8) is 0 Å². The highest BCUT2D eigenvalue weighted by molar-refractivity contribution is 7.88. The molecule has 0 radical (unpaired) electrons. The summed E-state index contributed by atoms with van der Waals surface area (Å²) in [6, 6.07) is -0.558. The van der Waals surface area contributed by atoms with Crippen molar-refractivity contribution in [2.45, 2.75) is 38.4 Å². The summed E-state index contributed by atoms with van der Waals surface area (Å²) in [7, 11) is -3.86. The first kappa shape index (κ1) is 22.0. The van der Waals surface area contributed by atoms with Gasteiger partial charge in [0.1, 0.15) is 6.54 Å². The van der Waals surface area contributed by atoms with Crippen molar-refractivity contribution in [2.75, 3.05) is 45.5 Å². The van der Waals surface area contributed by atoms with E-state index in [1.807, 2.05) is 0 Å². The average Bonchev–Trinajstić information content (AvgIpc) is 2.81. The van der Waals surface area contributed by atoms with Crippen molar-refractivity contribution in [3.8, 4) is 0 Å². The number of alkyl halides is 3. The Morgan fingerprint density at radius 3 is 2.29 bits per heavy atom. The molecule has 2 aliphatic rings. The van der Waals surface area contributed by atoms with E-state index in [1.165, 1.54) is 0 Å². The molecule has 0 aromatic carbocycles. The van der Waals surface area contributed by atoms with E-state index in [9.17, 15) is 21.6 Å². The fourth-order valence-corrected chi connectivity index (χ4v) is 4.74. The fourth-order valence-electron chi connectivity index (χ4n) is 3.60. The number of hydrogen-bond donors (Lipinski definition) is 1. The van der Waals surface area contributed by atoms with Crippen LogP contribution in [0.1, 0.15) is 26.2 Å². The van der Waals surface area contributed by atoms with E-state index in [0.29, 0.717) is 30.2 Å². The molecule has 0 saturated carbocycles. The lowest BCUT2D eigenvalue weighted by Crippen LogP contribution is -2.51. The van der Waals surface area contributed by atoms with Gasteiger partial charge in [-0.2, -0.15) is 17.5 Å². The molecular formula is C14H27ClF3N3O2S. The second-order valence-corrected chi connectivity index (χ2v) is 9.10. The standard InChI is InChI=1S/C14H26F3N3O2S.ClH/c1-13(5-6-18-9-13)10-19-7-3-12(4-8-19)20(23(2,21)22)11-14(15,16)17;/h12,18H,3-11H2,1-2H3;1H. The van der Waals surface area contributed by atoms with Gasteiger partial charge in [-0.25, -0.2) is 8.42 Å². The summed E-state index contributed by atoms with van der Waals surface area (Å²) in [5, 5.41) is 3.34. The maximum Gasteiger partial charge on any atom is 0.402 e. The molecule has 24 heavy (non-hydrogen) atoms. The lowest BCUT2D eigenvalue weighted by molar-refractivity contribution is -0.140. The second-order valence-electron chi connectivity index (χ2n) is 7.17. The highest BCUT2D eigenvalue weighted by Gasteiger charge is 2.40. The number of hydrogen-bond acceptors (Lipinski definition) is 4. The van der Waals surface area contributed by atoms with Crippen LogP contribution in [0.25, 0.3) is 0 Å². The number of likely N-dealkylation sites (tertiary alicyclic amines) is 1. The first-order chi connectivity index (χ1) is 10.5. The Labute approximate surface area is 148 Å². The summed E-state index contributed by atoms with van der Waals surface area (Å²) in [5.74, 6) is 0. The van der Waals surface area contributed by atoms with Gasteiger partial charge in [-0.3, -0.25) is 0 Å². The van der Waals surface area contributed by atoms with Gasteiger partial charge in [-0.05, 0) is 44.3 Å². The molecular weight excluding hydrogens is 367 g/mol. The van der Waals surface area contributed by atoms with Gasteiger partial charge >= 0.3 is 6.18 Å².